The molecule has 148 valence electrons. The van der Waals surface area contributed by atoms with Crippen molar-refractivity contribution in [1.29, 1.82) is 0 Å². The van der Waals surface area contributed by atoms with E-state index in [1.165, 1.54) is 27.7 Å². The number of aromatic nitrogens is 2. The standard InChI is InChI=1S/C15H16N6O7/c1-7-12(19(23)24)5-11(6-13(7)20(25)26)16-15(22)10(4)18-9(3)14(21(27)28)8(2)17-18/h5-6,10H,1-4H3,(H,16,22). The zero-order valence-corrected chi connectivity index (χ0v) is 15.3. The number of anilines is 1. The number of benzene rings is 1. The summed E-state index contributed by atoms with van der Waals surface area (Å²) >= 11 is 0. The predicted octanol–water partition coefficient (Wildman–Crippen LogP) is 2.73. The molecule has 1 aromatic carbocycles. The number of nitrogens with zero attached hydrogens (tertiary/aromatic N) is 5. The first kappa shape index (κ1) is 20.4. The Kier molecular flexibility index (Phi) is 5.38. The molecule has 28 heavy (non-hydrogen) atoms. The minimum Gasteiger partial charge on any atom is -0.324 e. The molecule has 13 nitrogen and oxygen atoms in total. The highest BCUT2D eigenvalue weighted by molar-refractivity contribution is 5.94. The number of carbonyl (C=O) groups excluding carboxylic acids is 1. The van der Waals surface area contributed by atoms with Crippen molar-refractivity contribution in [1.82, 2.24) is 9.78 Å². The van der Waals surface area contributed by atoms with Crippen molar-refractivity contribution in [3.8, 4) is 0 Å². The Labute approximate surface area is 157 Å². The van der Waals surface area contributed by atoms with Crippen LogP contribution in [0.25, 0.3) is 0 Å². The second-order valence-corrected chi connectivity index (χ2v) is 6.04. The van der Waals surface area contributed by atoms with Crippen LogP contribution in [-0.2, 0) is 4.79 Å². The molecule has 0 aliphatic heterocycles. The molecule has 13 heteroatoms. The lowest BCUT2D eigenvalue weighted by Crippen LogP contribution is -2.25. The fourth-order valence-corrected chi connectivity index (χ4v) is 2.79. The number of hydrogen-bond donors (Lipinski definition) is 1. The number of hydrogen-bond acceptors (Lipinski definition) is 8. The Balaban J connectivity index is 2.40. The van der Waals surface area contributed by atoms with Crippen molar-refractivity contribution in [3.05, 3.63) is 59.4 Å². The van der Waals surface area contributed by atoms with Crippen LogP contribution in [0, 0.1) is 51.1 Å². The number of carbonyl (C=O) groups is 1. The van der Waals surface area contributed by atoms with E-state index in [9.17, 15) is 35.1 Å². The molecule has 1 unspecified atom stereocenters. The van der Waals surface area contributed by atoms with Crippen molar-refractivity contribution in [2.45, 2.75) is 33.7 Å². The van der Waals surface area contributed by atoms with Crippen molar-refractivity contribution in [2.24, 2.45) is 0 Å². The molecule has 2 rings (SSSR count). The molecule has 0 aliphatic carbocycles. The molecule has 0 fully saturated rings. The van der Waals surface area contributed by atoms with E-state index >= 15 is 0 Å². The van der Waals surface area contributed by atoms with Gasteiger partial charge in [-0.05, 0) is 27.7 Å². The Morgan fingerprint density at radius 2 is 1.54 bits per heavy atom. The molecule has 0 radical (unpaired) electrons. The minimum atomic E-state index is -1.01. The van der Waals surface area contributed by atoms with Gasteiger partial charge in [0, 0.05) is 12.1 Å². The first-order chi connectivity index (χ1) is 13.0. The Hall–Kier alpha value is -3.90. The van der Waals surface area contributed by atoms with Crippen LogP contribution in [0.4, 0.5) is 22.7 Å². The maximum absolute atomic E-state index is 12.5. The average molecular weight is 392 g/mol. The lowest BCUT2D eigenvalue weighted by atomic mass is 10.1. The molecule has 0 saturated heterocycles. The third-order valence-electron chi connectivity index (χ3n) is 4.23. The molecular weight excluding hydrogens is 376 g/mol. The summed E-state index contributed by atoms with van der Waals surface area (Å²) < 4.78 is 1.15. The second kappa shape index (κ2) is 7.38. The molecular formula is C15H16N6O7. The molecule has 2 aromatic rings. The molecule has 1 N–H and O–H groups in total. The SMILES string of the molecule is Cc1nn(C(C)C(=O)Nc2cc([N+](=O)[O-])c(C)c([N+](=O)[O-])c2)c(C)c1[N+](=O)[O-]. The summed E-state index contributed by atoms with van der Waals surface area (Å²) in [6.07, 6.45) is 0. The fraction of sp³-hybridized carbons (Fsp3) is 0.333. The van der Waals surface area contributed by atoms with Crippen LogP contribution in [-0.4, -0.2) is 30.5 Å². The monoisotopic (exact) mass is 392 g/mol. The molecule has 0 bridgehead atoms. The minimum absolute atomic E-state index is 0.128. The van der Waals surface area contributed by atoms with Gasteiger partial charge in [-0.2, -0.15) is 5.10 Å². The number of rotatable bonds is 6. The summed E-state index contributed by atoms with van der Waals surface area (Å²) in [4.78, 5) is 43.7. The molecule has 0 saturated carbocycles. The van der Waals surface area contributed by atoms with E-state index in [0.717, 1.165) is 16.8 Å². The van der Waals surface area contributed by atoms with E-state index in [1.54, 1.807) is 0 Å². The largest absolute Gasteiger partial charge is 0.324 e. The third kappa shape index (κ3) is 3.62. The lowest BCUT2D eigenvalue weighted by Gasteiger charge is -2.14. The van der Waals surface area contributed by atoms with E-state index in [-0.39, 0.29) is 28.3 Å². The summed E-state index contributed by atoms with van der Waals surface area (Å²) in [5.41, 5.74) is -1.25. The highest BCUT2D eigenvalue weighted by Crippen LogP contribution is 2.32. The topological polar surface area (TPSA) is 176 Å². The van der Waals surface area contributed by atoms with Crippen LogP contribution in [0.1, 0.15) is 29.9 Å². The van der Waals surface area contributed by atoms with Crippen molar-refractivity contribution in [3.63, 3.8) is 0 Å². The van der Waals surface area contributed by atoms with Crippen LogP contribution in [0.15, 0.2) is 12.1 Å². The van der Waals surface area contributed by atoms with Crippen molar-refractivity contribution < 1.29 is 19.6 Å². The number of nitrogens with one attached hydrogen (secondary N) is 1. The zero-order valence-electron chi connectivity index (χ0n) is 15.3. The lowest BCUT2D eigenvalue weighted by molar-refractivity contribution is -0.395. The second-order valence-electron chi connectivity index (χ2n) is 6.04. The Bertz CT molecular complexity index is 978. The maximum atomic E-state index is 12.5. The van der Waals surface area contributed by atoms with Gasteiger partial charge in [-0.1, -0.05) is 0 Å². The summed E-state index contributed by atoms with van der Waals surface area (Å²) in [6.45, 7) is 5.53. The first-order valence-electron chi connectivity index (χ1n) is 7.90. The smallest absolute Gasteiger partial charge is 0.312 e. The molecule has 1 aromatic heterocycles. The van der Waals surface area contributed by atoms with Crippen LogP contribution in [0.2, 0.25) is 0 Å². The average Bonchev–Trinajstić information content (AvgIpc) is 2.89. The Morgan fingerprint density at radius 3 is 1.93 bits per heavy atom. The van der Waals surface area contributed by atoms with E-state index in [4.69, 9.17) is 0 Å². The third-order valence-corrected chi connectivity index (χ3v) is 4.23. The van der Waals surface area contributed by atoms with Gasteiger partial charge in [-0.15, -0.1) is 0 Å². The highest BCUT2D eigenvalue weighted by atomic mass is 16.6. The normalized spacial score (nSPS) is 11.7. The molecule has 0 aliphatic rings. The van der Waals surface area contributed by atoms with Crippen molar-refractivity contribution in [2.75, 3.05) is 5.32 Å². The van der Waals surface area contributed by atoms with E-state index in [2.05, 4.69) is 10.4 Å². The number of nitro groups is 3. The van der Waals surface area contributed by atoms with Gasteiger partial charge in [0.2, 0.25) is 5.91 Å². The van der Waals surface area contributed by atoms with Gasteiger partial charge in [0.25, 0.3) is 11.4 Å². The van der Waals surface area contributed by atoms with Crippen LogP contribution in [0.3, 0.4) is 0 Å². The quantitative estimate of drug-likeness (QED) is 0.576. The van der Waals surface area contributed by atoms with Gasteiger partial charge in [-0.3, -0.25) is 39.8 Å². The number of nitro benzene ring substituents is 2. The van der Waals surface area contributed by atoms with Crippen LogP contribution < -0.4 is 5.32 Å². The summed E-state index contributed by atoms with van der Waals surface area (Å²) in [7, 11) is 0. The number of aryl methyl sites for hydroxylation is 1. The zero-order chi connectivity index (χ0) is 21.3. The summed E-state index contributed by atoms with van der Waals surface area (Å²) in [5, 5.41) is 39.7. The van der Waals surface area contributed by atoms with E-state index in [1.807, 2.05) is 0 Å². The highest BCUT2D eigenvalue weighted by Gasteiger charge is 2.28. The summed E-state index contributed by atoms with van der Waals surface area (Å²) in [6, 6.07) is 1.01. The fourth-order valence-electron chi connectivity index (χ4n) is 2.79. The van der Waals surface area contributed by atoms with Crippen molar-refractivity contribution >= 4 is 28.7 Å². The van der Waals surface area contributed by atoms with E-state index < -0.39 is 38.1 Å². The van der Waals surface area contributed by atoms with Crippen LogP contribution in [0.5, 0.6) is 0 Å². The van der Waals surface area contributed by atoms with Gasteiger partial charge < -0.3 is 5.32 Å². The molecule has 1 amide bonds. The van der Waals surface area contributed by atoms with Gasteiger partial charge in [0.1, 0.15) is 23.0 Å². The van der Waals surface area contributed by atoms with Crippen LogP contribution >= 0.6 is 0 Å². The molecule has 1 atom stereocenters. The number of amides is 1. The molecule has 1 heterocycles. The predicted molar refractivity (Wildman–Crippen MR) is 96.2 cm³/mol. The van der Waals surface area contributed by atoms with E-state index in [0.29, 0.717) is 0 Å². The van der Waals surface area contributed by atoms with Gasteiger partial charge >= 0.3 is 5.69 Å². The van der Waals surface area contributed by atoms with Gasteiger partial charge in [0.15, 0.2) is 0 Å². The Morgan fingerprint density at radius 1 is 1.04 bits per heavy atom. The van der Waals surface area contributed by atoms with Gasteiger partial charge in [0.05, 0.1) is 20.5 Å². The molecule has 0 spiro atoms. The van der Waals surface area contributed by atoms with Gasteiger partial charge in [-0.25, -0.2) is 0 Å². The first-order valence-corrected chi connectivity index (χ1v) is 7.90. The maximum Gasteiger partial charge on any atom is 0.312 e. The summed E-state index contributed by atoms with van der Waals surface area (Å²) in [5.74, 6) is -0.701.